The summed E-state index contributed by atoms with van der Waals surface area (Å²) in [5.74, 6) is -0.285. The highest BCUT2D eigenvalue weighted by Gasteiger charge is 2.68. The number of anilines is 1. The number of carbonyl (C=O) groups is 2. The van der Waals surface area contributed by atoms with Crippen LogP contribution in [0.15, 0.2) is 30.3 Å². The van der Waals surface area contributed by atoms with E-state index in [-0.39, 0.29) is 17.7 Å². The van der Waals surface area contributed by atoms with Crippen LogP contribution < -0.4 is 5.32 Å². The van der Waals surface area contributed by atoms with Crippen LogP contribution in [-0.2, 0) is 9.59 Å². The van der Waals surface area contributed by atoms with Gasteiger partial charge in [0.05, 0.1) is 11.3 Å². The van der Waals surface area contributed by atoms with Gasteiger partial charge in [0, 0.05) is 18.8 Å². The van der Waals surface area contributed by atoms with Crippen LogP contribution in [0, 0.1) is 11.3 Å². The minimum absolute atomic E-state index is 0.0419. The normalized spacial score (nSPS) is 29.0. The molecule has 4 nitrogen and oxygen atoms in total. The number of piperidine rings is 1. The summed E-state index contributed by atoms with van der Waals surface area (Å²) in [5, 5.41) is 2.91. The molecule has 1 saturated carbocycles. The summed E-state index contributed by atoms with van der Waals surface area (Å²) < 4.78 is -0.969. The Morgan fingerprint density at radius 1 is 1.26 bits per heavy atom. The number of hydrogen-bond acceptors (Lipinski definition) is 2. The fourth-order valence-corrected chi connectivity index (χ4v) is 3.82. The molecule has 124 valence electrons. The molecule has 0 bridgehead atoms. The molecule has 1 aliphatic heterocycles. The number of rotatable bonds is 3. The number of nitrogens with zero attached hydrogens (tertiary/aromatic N) is 1. The van der Waals surface area contributed by atoms with Crippen molar-refractivity contribution in [3.8, 4) is 0 Å². The molecule has 1 N–H and O–H groups in total. The molecule has 2 atom stereocenters. The van der Waals surface area contributed by atoms with Gasteiger partial charge in [0.15, 0.2) is 0 Å². The molecule has 0 unspecified atom stereocenters. The van der Waals surface area contributed by atoms with E-state index in [1.807, 2.05) is 30.3 Å². The maximum absolute atomic E-state index is 12.6. The Morgan fingerprint density at radius 3 is 2.52 bits per heavy atom. The SMILES string of the molecule is C[C@@]1(C(=O)N2CCC[C@H](C(=O)Nc3ccccc3)C2)CC1(Cl)Cl. The van der Waals surface area contributed by atoms with Gasteiger partial charge in [0.1, 0.15) is 4.33 Å². The van der Waals surface area contributed by atoms with Gasteiger partial charge in [-0.15, -0.1) is 23.2 Å². The molecule has 1 aromatic carbocycles. The van der Waals surface area contributed by atoms with Crippen molar-refractivity contribution in [1.29, 1.82) is 0 Å². The molecule has 23 heavy (non-hydrogen) atoms. The molecule has 1 aromatic rings. The number of amides is 2. The number of benzene rings is 1. The first-order valence-corrected chi connectivity index (χ1v) is 8.62. The predicted molar refractivity (Wildman–Crippen MR) is 91.5 cm³/mol. The maximum Gasteiger partial charge on any atom is 0.231 e. The van der Waals surface area contributed by atoms with E-state index < -0.39 is 9.75 Å². The summed E-state index contributed by atoms with van der Waals surface area (Å²) in [5.41, 5.74) is 0.0594. The lowest BCUT2D eigenvalue weighted by atomic mass is 9.95. The molecule has 0 spiro atoms. The van der Waals surface area contributed by atoms with E-state index in [0.29, 0.717) is 19.5 Å². The highest BCUT2D eigenvalue weighted by molar-refractivity contribution is 6.53. The number of para-hydroxylation sites is 1. The van der Waals surface area contributed by atoms with Crippen molar-refractivity contribution >= 4 is 40.7 Å². The minimum Gasteiger partial charge on any atom is -0.341 e. The first-order chi connectivity index (χ1) is 10.8. The molecule has 2 aliphatic rings. The molecule has 1 heterocycles. The lowest BCUT2D eigenvalue weighted by Gasteiger charge is -2.34. The number of halogens is 2. The lowest BCUT2D eigenvalue weighted by Crippen LogP contribution is -2.47. The van der Waals surface area contributed by atoms with Crippen molar-refractivity contribution in [2.24, 2.45) is 11.3 Å². The zero-order valence-corrected chi connectivity index (χ0v) is 14.5. The third-order valence-corrected chi connectivity index (χ3v) is 5.95. The van der Waals surface area contributed by atoms with Crippen molar-refractivity contribution in [2.45, 2.75) is 30.5 Å². The molecule has 0 aromatic heterocycles. The fraction of sp³-hybridized carbons (Fsp3) is 0.529. The second-order valence-electron chi connectivity index (χ2n) is 6.66. The van der Waals surface area contributed by atoms with Crippen molar-refractivity contribution < 1.29 is 9.59 Å². The van der Waals surface area contributed by atoms with E-state index in [4.69, 9.17) is 23.2 Å². The Hall–Kier alpha value is -1.26. The van der Waals surface area contributed by atoms with Gasteiger partial charge in [-0.1, -0.05) is 18.2 Å². The Bertz CT molecular complexity index is 620. The number of likely N-dealkylation sites (tertiary alicyclic amines) is 1. The number of carbonyl (C=O) groups excluding carboxylic acids is 2. The summed E-state index contributed by atoms with van der Waals surface area (Å²) in [6.45, 7) is 2.88. The Labute approximate surface area is 146 Å². The third-order valence-electron chi connectivity index (χ3n) is 4.85. The highest BCUT2D eigenvalue weighted by Crippen LogP contribution is 2.64. The van der Waals surface area contributed by atoms with Crippen molar-refractivity contribution in [2.75, 3.05) is 18.4 Å². The largest absolute Gasteiger partial charge is 0.341 e. The van der Waals surface area contributed by atoms with Crippen molar-refractivity contribution in [3.63, 3.8) is 0 Å². The van der Waals surface area contributed by atoms with Crippen LogP contribution in [0.5, 0.6) is 0 Å². The Kier molecular flexibility index (Phi) is 4.32. The third kappa shape index (κ3) is 3.20. The van der Waals surface area contributed by atoms with Gasteiger partial charge in [-0.25, -0.2) is 0 Å². The molecule has 1 aliphatic carbocycles. The summed E-state index contributed by atoms with van der Waals surface area (Å²) in [7, 11) is 0. The maximum atomic E-state index is 12.6. The van der Waals surface area contributed by atoms with Crippen LogP contribution in [0.1, 0.15) is 26.2 Å². The summed E-state index contributed by atoms with van der Waals surface area (Å²) in [6, 6.07) is 9.35. The van der Waals surface area contributed by atoms with E-state index in [9.17, 15) is 9.59 Å². The van der Waals surface area contributed by atoms with Gasteiger partial charge in [-0.05, 0) is 38.3 Å². The molecular formula is C17H20Cl2N2O2. The van der Waals surface area contributed by atoms with Gasteiger partial charge in [0.25, 0.3) is 0 Å². The molecule has 2 amide bonds. The molecule has 1 saturated heterocycles. The fourth-order valence-electron chi connectivity index (χ4n) is 3.12. The number of alkyl halides is 2. The van der Waals surface area contributed by atoms with Crippen LogP contribution >= 0.6 is 23.2 Å². The summed E-state index contributed by atoms with van der Waals surface area (Å²) in [6.07, 6.45) is 2.07. The number of nitrogens with one attached hydrogen (secondary N) is 1. The van der Waals surface area contributed by atoms with Crippen molar-refractivity contribution in [1.82, 2.24) is 4.90 Å². The lowest BCUT2D eigenvalue weighted by molar-refractivity contribution is -0.139. The van der Waals surface area contributed by atoms with Crippen LogP contribution in [-0.4, -0.2) is 34.1 Å². The standard InChI is InChI=1S/C17H20Cl2N2O2/c1-16(11-17(16,18)19)15(23)21-9-5-6-12(10-21)14(22)20-13-7-3-2-4-8-13/h2-4,7-8,12H,5-6,9-11H2,1H3,(H,20,22)/t12-,16-/m0/s1. The van der Waals surface area contributed by atoms with Gasteiger partial charge in [-0.3, -0.25) is 9.59 Å². The second-order valence-corrected chi connectivity index (χ2v) is 8.14. The smallest absolute Gasteiger partial charge is 0.231 e. The van der Waals surface area contributed by atoms with E-state index >= 15 is 0 Å². The van der Waals surface area contributed by atoms with Crippen LogP contribution in [0.2, 0.25) is 0 Å². The van der Waals surface area contributed by atoms with Crippen molar-refractivity contribution in [3.05, 3.63) is 30.3 Å². The van der Waals surface area contributed by atoms with E-state index in [0.717, 1.165) is 18.5 Å². The average molecular weight is 355 g/mol. The zero-order valence-electron chi connectivity index (χ0n) is 13.0. The molecular weight excluding hydrogens is 335 g/mol. The van der Waals surface area contributed by atoms with Gasteiger partial charge in [-0.2, -0.15) is 0 Å². The highest BCUT2D eigenvalue weighted by atomic mass is 35.5. The van der Waals surface area contributed by atoms with Gasteiger partial charge >= 0.3 is 0 Å². The van der Waals surface area contributed by atoms with E-state index in [2.05, 4.69) is 5.32 Å². The van der Waals surface area contributed by atoms with Gasteiger partial charge in [0.2, 0.25) is 11.8 Å². The Balaban J connectivity index is 1.62. The van der Waals surface area contributed by atoms with Crippen LogP contribution in [0.25, 0.3) is 0 Å². The van der Waals surface area contributed by atoms with Crippen LogP contribution in [0.3, 0.4) is 0 Å². The van der Waals surface area contributed by atoms with Crippen LogP contribution in [0.4, 0.5) is 5.69 Å². The average Bonchev–Trinajstić information content (AvgIpc) is 3.07. The predicted octanol–water partition coefficient (Wildman–Crippen LogP) is 3.45. The molecule has 0 radical (unpaired) electrons. The summed E-state index contributed by atoms with van der Waals surface area (Å²) in [4.78, 5) is 26.8. The molecule has 3 rings (SSSR count). The monoisotopic (exact) mass is 354 g/mol. The Morgan fingerprint density at radius 2 is 1.91 bits per heavy atom. The van der Waals surface area contributed by atoms with Gasteiger partial charge < -0.3 is 10.2 Å². The topological polar surface area (TPSA) is 49.4 Å². The minimum atomic E-state index is -0.969. The first-order valence-electron chi connectivity index (χ1n) is 7.87. The number of hydrogen-bond donors (Lipinski definition) is 1. The van der Waals surface area contributed by atoms with E-state index in [1.54, 1.807) is 11.8 Å². The quantitative estimate of drug-likeness (QED) is 0.845. The first kappa shape index (κ1) is 16.6. The summed E-state index contributed by atoms with van der Waals surface area (Å²) >= 11 is 12.2. The van der Waals surface area contributed by atoms with E-state index in [1.165, 1.54) is 0 Å². The molecule has 2 fully saturated rings. The second kappa shape index (κ2) is 5.99. The zero-order chi connectivity index (χ0) is 16.7. The molecule has 6 heteroatoms.